The van der Waals surface area contributed by atoms with Gasteiger partial charge in [0.15, 0.2) is 10.8 Å². The molecule has 0 spiro atoms. The highest BCUT2D eigenvalue weighted by Gasteiger charge is 2.18. The molecule has 116 valence electrons. The molecule has 0 atom stereocenters. The Hall–Kier alpha value is -2.98. The first-order valence-electron chi connectivity index (χ1n) is 6.50. The van der Waals surface area contributed by atoms with E-state index < -0.39 is 11.4 Å². The van der Waals surface area contributed by atoms with Crippen molar-refractivity contribution in [2.75, 3.05) is 0 Å². The molecule has 7 nitrogen and oxygen atoms in total. The van der Waals surface area contributed by atoms with E-state index in [1.54, 1.807) is 12.1 Å². The van der Waals surface area contributed by atoms with E-state index in [0.29, 0.717) is 0 Å². The number of nitriles is 1. The van der Waals surface area contributed by atoms with E-state index >= 15 is 0 Å². The molecular weight excluding hydrogens is 318 g/mol. The molecule has 23 heavy (non-hydrogen) atoms. The Morgan fingerprint density at radius 3 is 2.91 bits per heavy atom. The lowest BCUT2D eigenvalue weighted by Gasteiger charge is -2.11. The van der Waals surface area contributed by atoms with Gasteiger partial charge in [-0.3, -0.25) is 9.36 Å². The average molecular weight is 330 g/mol. The molecule has 0 saturated carbocycles. The van der Waals surface area contributed by atoms with Gasteiger partial charge in [-0.25, -0.2) is 4.98 Å². The second kappa shape index (κ2) is 6.85. The van der Waals surface area contributed by atoms with Gasteiger partial charge in [-0.2, -0.15) is 5.26 Å². The first kappa shape index (κ1) is 16.4. The van der Waals surface area contributed by atoms with E-state index in [-0.39, 0.29) is 34.2 Å². The number of allylic oxidation sites excluding steroid dienone is 1. The summed E-state index contributed by atoms with van der Waals surface area (Å²) in [6, 6.07) is 5.07. The zero-order chi connectivity index (χ0) is 17.0. The van der Waals surface area contributed by atoms with E-state index in [9.17, 15) is 15.2 Å². The zero-order valence-corrected chi connectivity index (χ0v) is 12.9. The van der Waals surface area contributed by atoms with E-state index in [1.807, 2.05) is 6.07 Å². The molecule has 2 aromatic rings. The van der Waals surface area contributed by atoms with E-state index in [2.05, 4.69) is 21.8 Å². The topological polar surface area (TPSA) is 104 Å². The zero-order valence-electron chi connectivity index (χ0n) is 12.2. The number of rotatable bonds is 4. The number of aromatic nitrogens is 2. The van der Waals surface area contributed by atoms with Crippen LogP contribution in [0, 0.1) is 18.3 Å². The predicted molar refractivity (Wildman–Crippen MR) is 85.4 cm³/mol. The number of nitrogens with zero attached hydrogens (tertiary/aromatic N) is 5. The van der Waals surface area contributed by atoms with Crippen LogP contribution in [0.4, 0.5) is 11.4 Å². The highest BCUT2D eigenvalue weighted by atomic mass is 35.5. The highest BCUT2D eigenvalue weighted by Crippen LogP contribution is 2.28. The van der Waals surface area contributed by atoms with Gasteiger partial charge in [-0.15, -0.1) is 16.8 Å². The van der Waals surface area contributed by atoms with Gasteiger partial charge in [0.1, 0.15) is 17.3 Å². The molecule has 0 aliphatic carbocycles. The summed E-state index contributed by atoms with van der Waals surface area (Å²) in [5, 5.41) is 27.1. The molecule has 0 aliphatic heterocycles. The molecule has 0 bridgehead atoms. The molecule has 0 aromatic carbocycles. The van der Waals surface area contributed by atoms with Crippen molar-refractivity contribution < 1.29 is 5.11 Å². The van der Waals surface area contributed by atoms with Gasteiger partial charge in [0.25, 0.3) is 5.56 Å². The number of aromatic hydroxyl groups is 1. The molecule has 2 rings (SSSR count). The SMILES string of the molecule is C=CCn1c(O)c(C#N)c(C)c(N=Nc2cccnc2Cl)c1=O. The maximum absolute atomic E-state index is 12.4. The molecule has 0 saturated heterocycles. The fraction of sp³-hybridized carbons (Fsp3) is 0.133. The van der Waals surface area contributed by atoms with Gasteiger partial charge in [-0.05, 0) is 19.1 Å². The quantitative estimate of drug-likeness (QED) is 0.527. The Morgan fingerprint density at radius 1 is 1.57 bits per heavy atom. The summed E-state index contributed by atoms with van der Waals surface area (Å²) < 4.78 is 0.998. The third kappa shape index (κ3) is 3.12. The van der Waals surface area contributed by atoms with Gasteiger partial charge in [-0.1, -0.05) is 17.7 Å². The third-order valence-electron chi connectivity index (χ3n) is 3.08. The summed E-state index contributed by atoms with van der Waals surface area (Å²) in [6.45, 7) is 5.07. The van der Waals surface area contributed by atoms with Gasteiger partial charge in [0.2, 0.25) is 5.88 Å². The molecule has 0 aliphatic rings. The molecule has 8 heteroatoms. The maximum Gasteiger partial charge on any atom is 0.281 e. The number of pyridine rings is 2. The Labute approximate surface area is 136 Å². The molecule has 2 aromatic heterocycles. The average Bonchev–Trinajstić information content (AvgIpc) is 2.53. The van der Waals surface area contributed by atoms with Gasteiger partial charge in [0, 0.05) is 18.3 Å². The van der Waals surface area contributed by atoms with E-state index in [4.69, 9.17) is 11.6 Å². The van der Waals surface area contributed by atoms with Crippen molar-refractivity contribution in [1.82, 2.24) is 9.55 Å². The van der Waals surface area contributed by atoms with Crippen molar-refractivity contribution >= 4 is 23.0 Å². The maximum atomic E-state index is 12.4. The number of azo groups is 1. The molecule has 2 heterocycles. The number of hydrogen-bond acceptors (Lipinski definition) is 6. The lowest BCUT2D eigenvalue weighted by molar-refractivity contribution is 0.414. The van der Waals surface area contributed by atoms with Crippen LogP contribution in [-0.4, -0.2) is 14.7 Å². The smallest absolute Gasteiger partial charge is 0.281 e. The van der Waals surface area contributed by atoms with Crippen molar-refractivity contribution in [3.05, 3.63) is 57.6 Å². The standard InChI is InChI=1S/C15H12ClN5O2/c1-3-7-21-14(22)10(8-17)9(2)12(15(21)23)20-19-11-5-4-6-18-13(11)16/h3-6,22H,1,7H2,2H3. The van der Waals surface area contributed by atoms with E-state index in [1.165, 1.54) is 19.2 Å². The van der Waals surface area contributed by atoms with Crippen LogP contribution < -0.4 is 5.56 Å². The summed E-state index contributed by atoms with van der Waals surface area (Å²) in [5.41, 5.74) is -0.157. The van der Waals surface area contributed by atoms with Crippen LogP contribution in [0.15, 0.2) is 46.0 Å². The molecule has 0 radical (unpaired) electrons. The number of halogens is 1. The molecule has 1 N–H and O–H groups in total. The Balaban J connectivity index is 2.65. The van der Waals surface area contributed by atoms with Crippen molar-refractivity contribution in [2.24, 2.45) is 10.2 Å². The molecular formula is C15H12ClN5O2. The minimum Gasteiger partial charge on any atom is -0.493 e. The van der Waals surface area contributed by atoms with Gasteiger partial charge >= 0.3 is 0 Å². The fourth-order valence-corrected chi connectivity index (χ4v) is 2.07. The van der Waals surface area contributed by atoms with Crippen molar-refractivity contribution in [3.8, 4) is 11.9 Å². The second-order valence-electron chi connectivity index (χ2n) is 4.50. The van der Waals surface area contributed by atoms with Crippen LogP contribution in [0.3, 0.4) is 0 Å². The highest BCUT2D eigenvalue weighted by molar-refractivity contribution is 6.31. The number of hydrogen-bond donors (Lipinski definition) is 1. The first-order valence-corrected chi connectivity index (χ1v) is 6.88. The monoisotopic (exact) mass is 329 g/mol. The van der Waals surface area contributed by atoms with Crippen molar-refractivity contribution in [1.29, 1.82) is 5.26 Å². The van der Waals surface area contributed by atoms with Crippen LogP contribution in [0.1, 0.15) is 11.1 Å². The Kier molecular flexibility index (Phi) is 4.88. The Morgan fingerprint density at radius 2 is 2.30 bits per heavy atom. The summed E-state index contributed by atoms with van der Waals surface area (Å²) in [4.78, 5) is 16.3. The lowest BCUT2D eigenvalue weighted by Crippen LogP contribution is -2.21. The largest absolute Gasteiger partial charge is 0.493 e. The Bertz CT molecular complexity index is 896. The molecule has 0 unspecified atom stereocenters. The normalized spacial score (nSPS) is 10.7. The molecule has 0 fully saturated rings. The fourth-order valence-electron chi connectivity index (χ4n) is 1.91. The van der Waals surface area contributed by atoms with Crippen LogP contribution in [0.5, 0.6) is 5.88 Å². The first-order chi connectivity index (χ1) is 11.0. The lowest BCUT2D eigenvalue weighted by atomic mass is 10.1. The third-order valence-corrected chi connectivity index (χ3v) is 3.37. The van der Waals surface area contributed by atoms with Gasteiger partial charge < -0.3 is 5.11 Å². The minimum atomic E-state index is -0.581. The van der Waals surface area contributed by atoms with Crippen LogP contribution >= 0.6 is 11.6 Å². The van der Waals surface area contributed by atoms with Crippen molar-refractivity contribution in [3.63, 3.8) is 0 Å². The summed E-state index contributed by atoms with van der Waals surface area (Å²) in [6.07, 6.45) is 2.93. The minimum absolute atomic E-state index is 0.0375. The van der Waals surface area contributed by atoms with Crippen LogP contribution in [-0.2, 0) is 6.54 Å². The van der Waals surface area contributed by atoms with Crippen LogP contribution in [0.25, 0.3) is 0 Å². The predicted octanol–water partition coefficient (Wildman–Crippen LogP) is 3.38. The summed E-state index contributed by atoms with van der Waals surface area (Å²) in [5.74, 6) is -0.423. The molecule has 0 amide bonds. The van der Waals surface area contributed by atoms with Gasteiger partial charge in [0.05, 0.1) is 0 Å². The summed E-state index contributed by atoms with van der Waals surface area (Å²) >= 11 is 5.88. The van der Waals surface area contributed by atoms with Crippen LogP contribution in [0.2, 0.25) is 5.15 Å². The second-order valence-corrected chi connectivity index (χ2v) is 4.86. The summed E-state index contributed by atoms with van der Waals surface area (Å²) in [7, 11) is 0. The van der Waals surface area contributed by atoms with Crippen molar-refractivity contribution in [2.45, 2.75) is 13.5 Å². The van der Waals surface area contributed by atoms with E-state index in [0.717, 1.165) is 4.57 Å².